The van der Waals surface area contributed by atoms with E-state index in [9.17, 15) is 4.79 Å². The maximum atomic E-state index is 12.3. The van der Waals surface area contributed by atoms with Gasteiger partial charge in [0.1, 0.15) is 17.4 Å². The third kappa shape index (κ3) is 4.69. The molecule has 3 aromatic rings. The van der Waals surface area contributed by atoms with E-state index in [1.54, 1.807) is 36.4 Å². The van der Waals surface area contributed by atoms with Crippen LogP contribution in [0.1, 0.15) is 20.9 Å². The first-order valence-corrected chi connectivity index (χ1v) is 8.87. The molecule has 1 heterocycles. The van der Waals surface area contributed by atoms with Crippen molar-refractivity contribution in [2.45, 2.75) is 13.5 Å². The first-order valence-electron chi connectivity index (χ1n) is 7.29. The topological polar surface area (TPSA) is 64.1 Å². The minimum Gasteiger partial charge on any atom is -0.489 e. The number of aromatic nitrogens is 2. The molecule has 0 saturated heterocycles. The average Bonchev–Trinajstić information content (AvgIpc) is 3.01. The van der Waals surface area contributed by atoms with E-state index in [0.29, 0.717) is 33.1 Å². The van der Waals surface area contributed by atoms with Crippen LogP contribution in [0.15, 0.2) is 42.5 Å². The van der Waals surface area contributed by atoms with Gasteiger partial charge < -0.3 is 4.74 Å². The summed E-state index contributed by atoms with van der Waals surface area (Å²) in [5, 5.41) is 12.7. The number of hydrogen-bond donors (Lipinski definition) is 1. The Kier molecular flexibility index (Phi) is 5.53. The van der Waals surface area contributed by atoms with E-state index < -0.39 is 0 Å². The van der Waals surface area contributed by atoms with Gasteiger partial charge >= 0.3 is 0 Å². The fourth-order valence-electron chi connectivity index (χ4n) is 2.04. The van der Waals surface area contributed by atoms with Crippen LogP contribution < -0.4 is 10.1 Å². The molecule has 1 aromatic heterocycles. The third-order valence-corrected chi connectivity index (χ3v) is 4.73. The predicted octanol–water partition coefficient (Wildman–Crippen LogP) is 4.98. The van der Waals surface area contributed by atoms with Gasteiger partial charge in [0.15, 0.2) is 0 Å². The molecule has 3 rings (SSSR count). The van der Waals surface area contributed by atoms with Gasteiger partial charge in [-0.2, -0.15) is 0 Å². The van der Waals surface area contributed by atoms with Gasteiger partial charge in [0.25, 0.3) is 5.91 Å². The predicted molar refractivity (Wildman–Crippen MR) is 99.8 cm³/mol. The Labute approximate surface area is 158 Å². The van der Waals surface area contributed by atoms with Crippen LogP contribution in [-0.4, -0.2) is 16.1 Å². The van der Waals surface area contributed by atoms with E-state index in [1.165, 1.54) is 11.3 Å². The number of carbonyl (C=O) groups is 1. The lowest BCUT2D eigenvalue weighted by atomic mass is 10.2. The molecule has 0 saturated carbocycles. The van der Waals surface area contributed by atoms with Crippen LogP contribution >= 0.6 is 34.5 Å². The third-order valence-electron chi connectivity index (χ3n) is 3.23. The molecule has 8 heteroatoms. The van der Waals surface area contributed by atoms with E-state index >= 15 is 0 Å². The van der Waals surface area contributed by atoms with Crippen LogP contribution in [0.5, 0.6) is 5.75 Å². The van der Waals surface area contributed by atoms with Crippen LogP contribution in [0.2, 0.25) is 10.0 Å². The van der Waals surface area contributed by atoms with Gasteiger partial charge in [-0.1, -0.05) is 46.7 Å². The number of ether oxygens (including phenoxy) is 1. The zero-order chi connectivity index (χ0) is 17.8. The molecule has 0 radical (unpaired) electrons. The molecule has 2 aromatic carbocycles. The lowest BCUT2D eigenvalue weighted by molar-refractivity contribution is 0.102. The maximum absolute atomic E-state index is 12.3. The Balaban J connectivity index is 1.66. The van der Waals surface area contributed by atoms with Crippen molar-refractivity contribution in [2.75, 3.05) is 5.32 Å². The summed E-state index contributed by atoms with van der Waals surface area (Å²) in [5.74, 6) is 0.309. The first kappa shape index (κ1) is 17.7. The zero-order valence-corrected chi connectivity index (χ0v) is 15.5. The molecule has 0 fully saturated rings. The van der Waals surface area contributed by atoms with E-state index in [2.05, 4.69) is 15.5 Å². The van der Waals surface area contributed by atoms with Crippen molar-refractivity contribution < 1.29 is 9.53 Å². The van der Waals surface area contributed by atoms with Crippen LogP contribution in [0.3, 0.4) is 0 Å². The Morgan fingerprint density at radius 2 is 2.00 bits per heavy atom. The number of rotatable bonds is 5. The van der Waals surface area contributed by atoms with Crippen molar-refractivity contribution in [1.29, 1.82) is 0 Å². The van der Waals surface area contributed by atoms with Crippen molar-refractivity contribution in [3.8, 4) is 5.75 Å². The molecule has 1 N–H and O–H groups in total. The quantitative estimate of drug-likeness (QED) is 0.663. The van der Waals surface area contributed by atoms with Gasteiger partial charge in [-0.3, -0.25) is 10.1 Å². The number of aryl methyl sites for hydroxylation is 1. The summed E-state index contributed by atoms with van der Waals surface area (Å²) < 4.78 is 5.72. The summed E-state index contributed by atoms with van der Waals surface area (Å²) in [6, 6.07) is 12.2. The summed E-state index contributed by atoms with van der Waals surface area (Å²) in [7, 11) is 0. The lowest BCUT2D eigenvalue weighted by Crippen LogP contribution is -2.11. The second-order valence-corrected chi connectivity index (χ2v) is 7.14. The Morgan fingerprint density at radius 3 is 2.72 bits per heavy atom. The van der Waals surface area contributed by atoms with Crippen molar-refractivity contribution in [3.63, 3.8) is 0 Å². The highest BCUT2D eigenvalue weighted by Crippen LogP contribution is 2.24. The van der Waals surface area contributed by atoms with Crippen LogP contribution in [-0.2, 0) is 6.61 Å². The standard InChI is InChI=1S/C17H13Cl2N3O2S/c1-10-21-22-17(25-10)20-16(23)12-3-2-4-13(8-12)24-9-11-5-6-14(18)15(19)7-11/h2-8H,9H2,1H3,(H,20,22,23). The number of amides is 1. The Hall–Kier alpha value is -2.15. The van der Waals surface area contributed by atoms with E-state index in [-0.39, 0.29) is 5.91 Å². The van der Waals surface area contributed by atoms with E-state index in [1.807, 2.05) is 13.0 Å². The molecule has 0 atom stereocenters. The minimum absolute atomic E-state index is 0.267. The van der Waals surface area contributed by atoms with Gasteiger partial charge in [0, 0.05) is 5.56 Å². The summed E-state index contributed by atoms with van der Waals surface area (Å²) in [6.45, 7) is 2.14. The highest BCUT2D eigenvalue weighted by atomic mass is 35.5. The Morgan fingerprint density at radius 1 is 1.16 bits per heavy atom. The number of nitrogens with zero attached hydrogens (tertiary/aromatic N) is 2. The van der Waals surface area contributed by atoms with Gasteiger partial charge in [-0.05, 0) is 42.8 Å². The number of anilines is 1. The van der Waals surface area contributed by atoms with Crippen molar-refractivity contribution in [3.05, 3.63) is 68.6 Å². The molecule has 1 amide bonds. The molecular formula is C17H13Cl2N3O2S. The molecule has 0 aliphatic carbocycles. The van der Waals surface area contributed by atoms with Crippen LogP contribution in [0.4, 0.5) is 5.13 Å². The zero-order valence-electron chi connectivity index (χ0n) is 13.1. The molecule has 128 valence electrons. The molecule has 0 bridgehead atoms. The fourth-order valence-corrected chi connectivity index (χ4v) is 2.95. The molecule has 0 unspecified atom stereocenters. The highest BCUT2D eigenvalue weighted by molar-refractivity contribution is 7.15. The maximum Gasteiger partial charge on any atom is 0.257 e. The lowest BCUT2D eigenvalue weighted by Gasteiger charge is -2.09. The van der Waals surface area contributed by atoms with Gasteiger partial charge in [-0.25, -0.2) is 0 Å². The number of halogens is 2. The van der Waals surface area contributed by atoms with Gasteiger partial charge in [0.2, 0.25) is 5.13 Å². The number of carbonyl (C=O) groups excluding carboxylic acids is 1. The molecule has 5 nitrogen and oxygen atoms in total. The van der Waals surface area contributed by atoms with Crippen molar-refractivity contribution in [1.82, 2.24) is 10.2 Å². The van der Waals surface area contributed by atoms with E-state index in [4.69, 9.17) is 27.9 Å². The molecule has 25 heavy (non-hydrogen) atoms. The summed E-state index contributed by atoms with van der Waals surface area (Å²) in [4.78, 5) is 12.3. The summed E-state index contributed by atoms with van der Waals surface area (Å²) in [5.41, 5.74) is 1.35. The van der Waals surface area contributed by atoms with Crippen LogP contribution in [0.25, 0.3) is 0 Å². The van der Waals surface area contributed by atoms with Gasteiger partial charge in [-0.15, -0.1) is 10.2 Å². The largest absolute Gasteiger partial charge is 0.489 e. The smallest absolute Gasteiger partial charge is 0.257 e. The van der Waals surface area contributed by atoms with Crippen molar-refractivity contribution >= 4 is 45.6 Å². The van der Waals surface area contributed by atoms with Crippen LogP contribution in [0, 0.1) is 6.92 Å². The average molecular weight is 394 g/mol. The summed E-state index contributed by atoms with van der Waals surface area (Å²) >= 11 is 13.2. The number of hydrogen-bond acceptors (Lipinski definition) is 5. The number of benzene rings is 2. The first-order chi connectivity index (χ1) is 12.0. The molecule has 0 spiro atoms. The van der Waals surface area contributed by atoms with E-state index in [0.717, 1.165) is 10.6 Å². The fraction of sp³-hybridized carbons (Fsp3) is 0.118. The second-order valence-electron chi connectivity index (χ2n) is 5.15. The monoisotopic (exact) mass is 393 g/mol. The highest BCUT2D eigenvalue weighted by Gasteiger charge is 2.10. The van der Waals surface area contributed by atoms with Crippen molar-refractivity contribution in [2.24, 2.45) is 0 Å². The normalized spacial score (nSPS) is 10.5. The second kappa shape index (κ2) is 7.82. The summed E-state index contributed by atoms with van der Waals surface area (Å²) in [6.07, 6.45) is 0. The molecular weight excluding hydrogens is 381 g/mol. The SMILES string of the molecule is Cc1nnc(NC(=O)c2cccc(OCc3ccc(Cl)c(Cl)c3)c2)s1. The number of nitrogens with one attached hydrogen (secondary N) is 1. The van der Waals surface area contributed by atoms with Gasteiger partial charge in [0.05, 0.1) is 10.0 Å². The molecule has 0 aliphatic rings. The minimum atomic E-state index is -0.267. The Bertz CT molecular complexity index is 914. The molecule has 0 aliphatic heterocycles.